The lowest BCUT2D eigenvalue weighted by molar-refractivity contribution is -0.143. The van der Waals surface area contributed by atoms with Crippen molar-refractivity contribution in [2.45, 2.75) is 39.2 Å². The highest BCUT2D eigenvalue weighted by atomic mass is 16.6. The van der Waals surface area contributed by atoms with Crippen molar-refractivity contribution in [1.82, 2.24) is 4.90 Å². The molecule has 1 saturated heterocycles. The number of benzene rings is 1. The second-order valence-corrected chi connectivity index (χ2v) is 7.88. The number of carboxylic acid groups (broad SMARTS) is 1. The number of anilines is 1. The van der Waals surface area contributed by atoms with Gasteiger partial charge in [-0.1, -0.05) is 18.1 Å². The van der Waals surface area contributed by atoms with Crippen LogP contribution in [-0.2, 0) is 16.0 Å². The third-order valence-electron chi connectivity index (χ3n) is 4.54. The van der Waals surface area contributed by atoms with E-state index in [4.69, 9.17) is 11.2 Å². The number of aliphatic carboxylic acids is 1. The zero-order valence-electron chi connectivity index (χ0n) is 16.2. The summed E-state index contributed by atoms with van der Waals surface area (Å²) < 4.78 is 5.40. The normalized spacial score (nSPS) is 17.9. The first-order chi connectivity index (χ1) is 12.7. The number of nitrogens with zero attached hydrogens (tertiary/aromatic N) is 1. The molecule has 0 saturated carbocycles. The molecule has 0 radical (unpaired) electrons. The fourth-order valence-electron chi connectivity index (χ4n) is 3.28. The van der Waals surface area contributed by atoms with E-state index in [1.807, 2.05) is 45.0 Å². The van der Waals surface area contributed by atoms with E-state index in [2.05, 4.69) is 11.2 Å². The first-order valence-corrected chi connectivity index (χ1v) is 9.16. The molecule has 1 unspecified atom stereocenters. The molecule has 1 aliphatic heterocycles. The Bertz CT molecular complexity index is 718. The monoisotopic (exact) mass is 372 g/mol. The second kappa shape index (κ2) is 8.81. The smallest absolute Gasteiger partial charge is 0.410 e. The van der Waals surface area contributed by atoms with E-state index < -0.39 is 17.5 Å². The number of hydrogen-bond donors (Lipinski definition) is 2. The highest BCUT2D eigenvalue weighted by Crippen LogP contribution is 2.29. The van der Waals surface area contributed by atoms with Crippen LogP contribution < -0.4 is 5.32 Å². The van der Waals surface area contributed by atoms with Crippen LogP contribution in [-0.4, -0.2) is 47.3 Å². The van der Waals surface area contributed by atoms with Gasteiger partial charge in [0.2, 0.25) is 0 Å². The number of rotatable bonds is 6. The summed E-state index contributed by atoms with van der Waals surface area (Å²) in [5, 5.41) is 12.8. The Labute approximate surface area is 160 Å². The zero-order chi connectivity index (χ0) is 20.0. The highest BCUT2D eigenvalue weighted by Gasteiger charge is 2.37. The summed E-state index contributed by atoms with van der Waals surface area (Å²) in [6.45, 7) is 6.80. The molecule has 2 N–H and O–H groups in total. The van der Waals surface area contributed by atoms with Crippen molar-refractivity contribution in [3.63, 3.8) is 0 Å². The van der Waals surface area contributed by atoms with Crippen LogP contribution in [0.4, 0.5) is 10.5 Å². The van der Waals surface area contributed by atoms with Gasteiger partial charge in [-0.05, 0) is 57.2 Å². The van der Waals surface area contributed by atoms with E-state index in [1.54, 1.807) is 4.90 Å². The van der Waals surface area contributed by atoms with Gasteiger partial charge in [-0.3, -0.25) is 4.79 Å². The van der Waals surface area contributed by atoms with E-state index in [1.165, 1.54) is 0 Å². The summed E-state index contributed by atoms with van der Waals surface area (Å²) in [6.07, 6.45) is 5.95. The van der Waals surface area contributed by atoms with Gasteiger partial charge in [0, 0.05) is 18.8 Å². The number of amides is 1. The quantitative estimate of drug-likeness (QED) is 0.750. The maximum atomic E-state index is 12.2. The Hall–Kier alpha value is -2.68. The number of hydrogen-bond acceptors (Lipinski definition) is 4. The largest absolute Gasteiger partial charge is 0.481 e. The van der Waals surface area contributed by atoms with Crippen molar-refractivity contribution in [2.75, 3.05) is 25.0 Å². The topological polar surface area (TPSA) is 78.9 Å². The Morgan fingerprint density at radius 1 is 1.44 bits per heavy atom. The predicted molar refractivity (Wildman–Crippen MR) is 105 cm³/mol. The molecule has 1 amide bonds. The van der Waals surface area contributed by atoms with Crippen LogP contribution in [0.25, 0.3) is 0 Å². The molecule has 1 aromatic carbocycles. The Morgan fingerprint density at radius 3 is 2.81 bits per heavy atom. The first kappa shape index (κ1) is 20.6. The van der Waals surface area contributed by atoms with Crippen molar-refractivity contribution in [1.29, 1.82) is 0 Å². The van der Waals surface area contributed by atoms with Crippen LogP contribution in [0.3, 0.4) is 0 Å². The molecule has 1 aromatic rings. The molecule has 1 heterocycles. The summed E-state index contributed by atoms with van der Waals surface area (Å²) in [6, 6.07) is 7.62. The van der Waals surface area contributed by atoms with Crippen molar-refractivity contribution in [3.05, 3.63) is 29.8 Å². The minimum Gasteiger partial charge on any atom is -0.481 e. The van der Waals surface area contributed by atoms with E-state index in [-0.39, 0.29) is 12.0 Å². The lowest BCUT2D eigenvalue weighted by Gasteiger charge is -2.25. The first-order valence-electron chi connectivity index (χ1n) is 9.16. The van der Waals surface area contributed by atoms with E-state index in [0.717, 1.165) is 11.3 Å². The second-order valence-electron chi connectivity index (χ2n) is 7.88. The highest BCUT2D eigenvalue weighted by molar-refractivity contribution is 5.72. The van der Waals surface area contributed by atoms with Crippen LogP contribution >= 0.6 is 0 Å². The minimum atomic E-state index is -0.840. The maximum Gasteiger partial charge on any atom is 0.410 e. The fraction of sp³-hybridized carbons (Fsp3) is 0.524. The summed E-state index contributed by atoms with van der Waals surface area (Å²) in [5.41, 5.74) is 1.24. The molecule has 6 heteroatoms. The van der Waals surface area contributed by atoms with Gasteiger partial charge in [-0.2, -0.15) is 0 Å². The third kappa shape index (κ3) is 6.21. The minimum absolute atomic E-state index is 0.0997. The van der Waals surface area contributed by atoms with Gasteiger partial charge in [0.05, 0.1) is 12.5 Å². The molecular formula is C21H28N2O4. The van der Waals surface area contributed by atoms with Crippen LogP contribution in [0.2, 0.25) is 0 Å². The molecule has 0 aliphatic carbocycles. The van der Waals surface area contributed by atoms with Crippen molar-refractivity contribution < 1.29 is 19.4 Å². The average Bonchev–Trinajstić information content (AvgIpc) is 3.06. The lowest BCUT2D eigenvalue weighted by atomic mass is 9.86. The molecular weight excluding hydrogens is 344 g/mol. The van der Waals surface area contributed by atoms with Crippen LogP contribution in [0.15, 0.2) is 24.3 Å². The lowest BCUT2D eigenvalue weighted by Crippen LogP contribution is -2.36. The molecule has 27 heavy (non-hydrogen) atoms. The third-order valence-corrected chi connectivity index (χ3v) is 4.54. The molecule has 146 valence electrons. The Balaban J connectivity index is 2.03. The standard InChI is InChI=1S/C21H28N2O4/c1-5-10-22-17-8-6-7-15(12-17)13-18(19(24)25)16-9-11-23(14-16)20(26)27-21(2,3)4/h1,6-8,12,16,18,22H,9-11,13-14H2,2-4H3,(H,24,25)/t16-,18?/m0/s1. The number of terminal acetylenes is 1. The predicted octanol–water partition coefficient (Wildman–Crippen LogP) is 3.23. The number of likely N-dealkylation sites (tertiary alicyclic amines) is 1. The summed E-state index contributed by atoms with van der Waals surface area (Å²) in [7, 11) is 0. The molecule has 1 fully saturated rings. The maximum absolute atomic E-state index is 12.2. The molecule has 0 spiro atoms. The van der Waals surface area contributed by atoms with Crippen molar-refractivity contribution in [3.8, 4) is 12.3 Å². The van der Waals surface area contributed by atoms with Gasteiger partial charge >= 0.3 is 12.1 Å². The molecule has 0 bridgehead atoms. The van der Waals surface area contributed by atoms with E-state index >= 15 is 0 Å². The summed E-state index contributed by atoms with van der Waals surface area (Å²) >= 11 is 0. The van der Waals surface area contributed by atoms with Crippen LogP contribution in [0.5, 0.6) is 0 Å². The van der Waals surface area contributed by atoms with Gasteiger partial charge in [-0.15, -0.1) is 6.42 Å². The number of carbonyl (C=O) groups excluding carboxylic acids is 1. The van der Waals surface area contributed by atoms with Crippen LogP contribution in [0.1, 0.15) is 32.8 Å². The molecule has 6 nitrogen and oxygen atoms in total. The number of carboxylic acids is 1. The SMILES string of the molecule is C#CCNc1cccc(CC(C(=O)O)[C@H]2CCN(C(=O)OC(C)(C)C)C2)c1. The Morgan fingerprint density at radius 2 is 2.19 bits per heavy atom. The van der Waals surface area contributed by atoms with Gasteiger partial charge in [0.25, 0.3) is 0 Å². The Kier molecular flexibility index (Phi) is 6.73. The number of nitrogens with one attached hydrogen (secondary N) is 1. The fourth-order valence-corrected chi connectivity index (χ4v) is 3.28. The summed E-state index contributed by atoms with van der Waals surface area (Å²) in [5.74, 6) is 1.02. The van der Waals surface area contributed by atoms with Gasteiger partial charge < -0.3 is 20.1 Å². The van der Waals surface area contributed by atoms with Crippen molar-refractivity contribution in [2.24, 2.45) is 11.8 Å². The molecule has 2 rings (SSSR count). The summed E-state index contributed by atoms with van der Waals surface area (Å²) in [4.78, 5) is 25.7. The van der Waals surface area contributed by atoms with Crippen LogP contribution in [0, 0.1) is 24.2 Å². The molecule has 1 aliphatic rings. The van der Waals surface area contributed by atoms with Gasteiger partial charge in [-0.25, -0.2) is 4.79 Å². The van der Waals surface area contributed by atoms with Crippen molar-refractivity contribution >= 4 is 17.7 Å². The molecule has 2 atom stereocenters. The number of carbonyl (C=O) groups is 2. The van der Waals surface area contributed by atoms with Gasteiger partial charge in [0.15, 0.2) is 0 Å². The molecule has 0 aromatic heterocycles. The van der Waals surface area contributed by atoms with Gasteiger partial charge in [0.1, 0.15) is 5.60 Å². The number of ether oxygens (including phenoxy) is 1. The van der Waals surface area contributed by atoms with E-state index in [9.17, 15) is 14.7 Å². The zero-order valence-corrected chi connectivity index (χ0v) is 16.2. The average molecular weight is 372 g/mol. The van der Waals surface area contributed by atoms with E-state index in [0.29, 0.717) is 32.5 Å².